The highest BCUT2D eigenvalue weighted by molar-refractivity contribution is 8.18. The van der Waals surface area contributed by atoms with Crippen molar-refractivity contribution in [3.63, 3.8) is 0 Å². The Bertz CT molecular complexity index is 1180. The normalized spacial score (nSPS) is 17.3. The summed E-state index contributed by atoms with van der Waals surface area (Å²) in [6.45, 7) is 1.32. The quantitative estimate of drug-likeness (QED) is 0.511. The number of hydrogen-bond donors (Lipinski definition) is 0. The van der Waals surface area contributed by atoms with Gasteiger partial charge in [-0.05, 0) is 41.6 Å². The lowest BCUT2D eigenvalue weighted by Gasteiger charge is -2.28. The van der Waals surface area contributed by atoms with E-state index < -0.39 is 17.0 Å². The van der Waals surface area contributed by atoms with Gasteiger partial charge >= 0.3 is 0 Å². The molecule has 2 heterocycles. The van der Waals surface area contributed by atoms with E-state index in [4.69, 9.17) is 25.8 Å². The van der Waals surface area contributed by atoms with Crippen molar-refractivity contribution in [2.45, 2.75) is 6.61 Å². The molecular formula is C24H22ClFN2O6S. The van der Waals surface area contributed by atoms with Gasteiger partial charge in [-0.25, -0.2) is 4.39 Å². The number of carbonyl (C=O) groups excluding carboxylic acids is 3. The van der Waals surface area contributed by atoms with Gasteiger partial charge in [0.2, 0.25) is 5.91 Å². The molecule has 184 valence electrons. The Morgan fingerprint density at radius 1 is 1.23 bits per heavy atom. The van der Waals surface area contributed by atoms with Crippen LogP contribution < -0.4 is 9.47 Å². The van der Waals surface area contributed by atoms with Crippen molar-refractivity contribution in [3.8, 4) is 11.5 Å². The minimum atomic E-state index is -0.559. The fraction of sp³-hybridized carbons (Fsp3) is 0.292. The molecule has 2 aliphatic heterocycles. The number of methoxy groups -OCH3 is 1. The molecule has 2 aromatic carbocycles. The number of imide groups is 1. The molecule has 11 heteroatoms. The molecule has 0 aliphatic carbocycles. The van der Waals surface area contributed by atoms with Gasteiger partial charge in [-0.1, -0.05) is 29.8 Å². The molecule has 3 amide bonds. The summed E-state index contributed by atoms with van der Waals surface area (Å²) < 4.78 is 30.2. The summed E-state index contributed by atoms with van der Waals surface area (Å²) in [4.78, 5) is 40.4. The number of morpholine rings is 1. The number of ether oxygens (including phenoxy) is 3. The predicted octanol–water partition coefficient (Wildman–Crippen LogP) is 3.96. The Kier molecular flexibility index (Phi) is 7.94. The molecule has 2 saturated heterocycles. The van der Waals surface area contributed by atoms with E-state index in [0.717, 1.165) is 16.7 Å². The lowest BCUT2D eigenvalue weighted by molar-refractivity contribution is -0.139. The molecule has 35 heavy (non-hydrogen) atoms. The third kappa shape index (κ3) is 5.77. The maximum absolute atomic E-state index is 13.9. The van der Waals surface area contributed by atoms with Crippen molar-refractivity contribution in [1.29, 1.82) is 0 Å². The lowest BCUT2D eigenvalue weighted by atomic mass is 10.1. The van der Waals surface area contributed by atoms with Gasteiger partial charge < -0.3 is 19.1 Å². The second-order valence-corrected chi connectivity index (χ2v) is 9.08. The predicted molar refractivity (Wildman–Crippen MR) is 129 cm³/mol. The number of halogens is 2. The number of benzene rings is 2. The summed E-state index contributed by atoms with van der Waals surface area (Å²) in [6.07, 6.45) is 1.50. The van der Waals surface area contributed by atoms with Crippen LogP contribution in [0.1, 0.15) is 11.1 Å². The second-order valence-electron chi connectivity index (χ2n) is 7.68. The Hall–Kier alpha value is -3.08. The zero-order valence-corrected chi connectivity index (χ0v) is 20.4. The van der Waals surface area contributed by atoms with Crippen LogP contribution in [-0.4, -0.2) is 66.8 Å². The van der Waals surface area contributed by atoms with E-state index in [1.807, 2.05) is 0 Å². The molecule has 0 bridgehead atoms. The third-order valence-corrected chi connectivity index (χ3v) is 6.60. The molecule has 0 radical (unpaired) electrons. The van der Waals surface area contributed by atoms with E-state index in [2.05, 4.69) is 0 Å². The van der Waals surface area contributed by atoms with Gasteiger partial charge in [0.05, 0.1) is 30.3 Å². The highest BCUT2D eigenvalue weighted by atomic mass is 35.5. The number of carbonyl (C=O) groups is 3. The van der Waals surface area contributed by atoms with Gasteiger partial charge in [0.15, 0.2) is 11.5 Å². The van der Waals surface area contributed by atoms with Gasteiger partial charge in [0, 0.05) is 18.7 Å². The summed E-state index contributed by atoms with van der Waals surface area (Å²) in [7, 11) is 1.43. The fourth-order valence-corrected chi connectivity index (χ4v) is 4.68. The highest BCUT2D eigenvalue weighted by Crippen LogP contribution is 2.39. The number of hydrogen-bond acceptors (Lipinski definition) is 7. The zero-order chi connectivity index (χ0) is 24.9. The van der Waals surface area contributed by atoms with E-state index in [1.165, 1.54) is 19.3 Å². The summed E-state index contributed by atoms with van der Waals surface area (Å²) >= 11 is 7.14. The summed E-state index contributed by atoms with van der Waals surface area (Å²) in [6, 6.07) is 9.36. The lowest BCUT2D eigenvalue weighted by Crippen LogP contribution is -2.46. The molecule has 0 N–H and O–H groups in total. The first-order valence-electron chi connectivity index (χ1n) is 10.7. The molecule has 4 rings (SSSR count). The van der Waals surface area contributed by atoms with Crippen LogP contribution in [0.3, 0.4) is 0 Å². The molecular weight excluding hydrogens is 499 g/mol. The Morgan fingerprint density at radius 2 is 1.97 bits per heavy atom. The van der Waals surface area contributed by atoms with Crippen molar-refractivity contribution >= 4 is 46.5 Å². The van der Waals surface area contributed by atoms with Gasteiger partial charge in [0.25, 0.3) is 11.1 Å². The van der Waals surface area contributed by atoms with E-state index >= 15 is 0 Å². The first-order valence-corrected chi connectivity index (χ1v) is 11.9. The number of amides is 3. The Balaban J connectivity index is 1.49. The maximum Gasteiger partial charge on any atom is 0.294 e. The van der Waals surface area contributed by atoms with Gasteiger partial charge in [-0.3, -0.25) is 19.3 Å². The van der Waals surface area contributed by atoms with Crippen LogP contribution in [0.4, 0.5) is 9.18 Å². The SMILES string of the molecule is COc1cc(/C=C2/SC(=O)N(CC(=O)N3CCOCC3)C2=O)cc(Cl)c1OCc1ccccc1F. The molecule has 2 aromatic rings. The Labute approximate surface area is 210 Å². The standard InChI is InChI=1S/C24H22ClFN2O6S/c1-32-19-11-15(10-17(25)22(19)34-14-16-4-2-3-5-18(16)26)12-20-23(30)28(24(31)35-20)13-21(29)27-6-8-33-9-7-27/h2-5,10-12H,6-9,13-14H2,1H3/b20-12+. The molecule has 0 saturated carbocycles. The summed E-state index contributed by atoms with van der Waals surface area (Å²) in [5.74, 6) is -0.767. The van der Waals surface area contributed by atoms with Crippen LogP contribution in [0.15, 0.2) is 41.3 Å². The minimum absolute atomic E-state index is 0.0574. The number of rotatable bonds is 7. The fourth-order valence-electron chi connectivity index (χ4n) is 3.56. The van der Waals surface area contributed by atoms with E-state index in [1.54, 1.807) is 35.2 Å². The van der Waals surface area contributed by atoms with E-state index in [9.17, 15) is 18.8 Å². The summed E-state index contributed by atoms with van der Waals surface area (Å²) in [5, 5.41) is -0.334. The number of nitrogens with zero attached hydrogens (tertiary/aromatic N) is 2. The molecule has 0 aromatic heterocycles. The molecule has 0 spiro atoms. The van der Waals surface area contributed by atoms with Crippen molar-refractivity contribution in [2.24, 2.45) is 0 Å². The van der Waals surface area contributed by atoms with Crippen LogP contribution in [0, 0.1) is 5.82 Å². The second kappa shape index (κ2) is 11.1. The van der Waals surface area contributed by atoms with E-state index in [0.29, 0.717) is 37.4 Å². The average molecular weight is 521 g/mol. The largest absolute Gasteiger partial charge is 0.493 e. The topological polar surface area (TPSA) is 85.4 Å². The Morgan fingerprint density at radius 3 is 2.69 bits per heavy atom. The van der Waals surface area contributed by atoms with Crippen molar-refractivity contribution in [1.82, 2.24) is 9.80 Å². The molecule has 2 aliphatic rings. The molecule has 0 unspecified atom stereocenters. The molecule has 2 fully saturated rings. The third-order valence-electron chi connectivity index (χ3n) is 5.41. The van der Waals surface area contributed by atoms with Gasteiger partial charge in [-0.2, -0.15) is 0 Å². The van der Waals surface area contributed by atoms with Crippen LogP contribution in [0.5, 0.6) is 11.5 Å². The first kappa shape index (κ1) is 25.0. The highest BCUT2D eigenvalue weighted by Gasteiger charge is 2.37. The smallest absolute Gasteiger partial charge is 0.294 e. The van der Waals surface area contributed by atoms with Gasteiger partial charge in [-0.15, -0.1) is 0 Å². The molecule has 0 atom stereocenters. The van der Waals surface area contributed by atoms with Crippen molar-refractivity contribution in [3.05, 3.63) is 63.3 Å². The van der Waals surface area contributed by atoms with E-state index in [-0.39, 0.29) is 40.5 Å². The minimum Gasteiger partial charge on any atom is -0.493 e. The molecule has 8 nitrogen and oxygen atoms in total. The average Bonchev–Trinajstić information content (AvgIpc) is 3.11. The van der Waals surface area contributed by atoms with Gasteiger partial charge in [0.1, 0.15) is 19.0 Å². The van der Waals surface area contributed by atoms with Crippen molar-refractivity contribution in [2.75, 3.05) is 40.0 Å². The van der Waals surface area contributed by atoms with Crippen LogP contribution in [-0.2, 0) is 20.9 Å². The maximum atomic E-state index is 13.9. The number of thioether (sulfide) groups is 1. The van der Waals surface area contributed by atoms with Crippen LogP contribution in [0.2, 0.25) is 5.02 Å². The first-order chi connectivity index (χ1) is 16.9. The monoisotopic (exact) mass is 520 g/mol. The van der Waals surface area contributed by atoms with Crippen LogP contribution >= 0.6 is 23.4 Å². The van der Waals surface area contributed by atoms with Crippen LogP contribution in [0.25, 0.3) is 6.08 Å². The zero-order valence-electron chi connectivity index (χ0n) is 18.8. The summed E-state index contributed by atoms with van der Waals surface area (Å²) in [5.41, 5.74) is 0.852. The van der Waals surface area contributed by atoms with Crippen molar-refractivity contribution < 1.29 is 33.0 Å².